The van der Waals surface area contributed by atoms with Crippen molar-refractivity contribution in [3.63, 3.8) is 0 Å². The molecule has 2 aromatic rings. The molecular weight excluding hydrogens is 444 g/mol. The zero-order chi connectivity index (χ0) is 23.0. The van der Waals surface area contributed by atoms with E-state index < -0.39 is 32.8 Å². The number of nitro benzene ring substituents is 1. The van der Waals surface area contributed by atoms with Crippen molar-refractivity contribution in [2.24, 2.45) is 5.14 Å². The fourth-order valence-electron chi connectivity index (χ4n) is 2.71. The molecule has 2 rings (SSSR count). The molecule has 0 saturated heterocycles. The Labute approximate surface area is 183 Å². The fraction of sp³-hybridized carbons (Fsp3) is 0.263. The van der Waals surface area contributed by atoms with Gasteiger partial charge in [-0.1, -0.05) is 18.2 Å². The number of nitrogens with one attached hydrogen (secondary N) is 2. The molecule has 12 heteroatoms. The summed E-state index contributed by atoms with van der Waals surface area (Å²) in [6.45, 7) is 0. The highest BCUT2D eigenvalue weighted by Crippen LogP contribution is 2.15. The van der Waals surface area contributed by atoms with Crippen LogP contribution in [0.3, 0.4) is 0 Å². The van der Waals surface area contributed by atoms with Crippen LogP contribution >= 0.6 is 11.8 Å². The Kier molecular flexibility index (Phi) is 8.54. The van der Waals surface area contributed by atoms with E-state index in [1.807, 2.05) is 6.26 Å². The predicted octanol–water partition coefficient (Wildman–Crippen LogP) is 1.87. The van der Waals surface area contributed by atoms with Crippen LogP contribution in [0.4, 0.5) is 11.4 Å². The van der Waals surface area contributed by atoms with Crippen LogP contribution in [0.15, 0.2) is 48.5 Å². The van der Waals surface area contributed by atoms with Crippen LogP contribution in [0.2, 0.25) is 0 Å². The smallest absolute Gasteiger partial charge is 0.270 e. The van der Waals surface area contributed by atoms with Crippen LogP contribution < -0.4 is 15.8 Å². The molecule has 0 aromatic heterocycles. The van der Waals surface area contributed by atoms with Crippen LogP contribution in [0, 0.1) is 10.1 Å². The van der Waals surface area contributed by atoms with E-state index in [9.17, 15) is 28.1 Å². The third-order valence-electron chi connectivity index (χ3n) is 4.11. The minimum atomic E-state index is -3.73. The Balaban J connectivity index is 2.15. The van der Waals surface area contributed by atoms with E-state index in [2.05, 4.69) is 10.6 Å². The van der Waals surface area contributed by atoms with Crippen molar-refractivity contribution in [1.82, 2.24) is 5.32 Å². The first-order chi connectivity index (χ1) is 14.6. The van der Waals surface area contributed by atoms with Gasteiger partial charge in [-0.15, -0.1) is 0 Å². The molecule has 166 valence electrons. The molecule has 10 nitrogen and oxygen atoms in total. The van der Waals surface area contributed by atoms with Gasteiger partial charge in [-0.25, -0.2) is 13.6 Å². The number of nitrogens with two attached hydrogens (primary N) is 1. The molecule has 1 unspecified atom stereocenters. The number of carbonyl (C=O) groups is 2. The molecule has 0 saturated carbocycles. The zero-order valence-electron chi connectivity index (χ0n) is 16.6. The number of thioether (sulfide) groups is 1. The molecule has 4 N–H and O–H groups in total. The van der Waals surface area contributed by atoms with E-state index >= 15 is 0 Å². The highest BCUT2D eigenvalue weighted by molar-refractivity contribution is 7.98. The topological polar surface area (TPSA) is 162 Å². The molecule has 0 aliphatic heterocycles. The third kappa shape index (κ3) is 8.00. The summed E-state index contributed by atoms with van der Waals surface area (Å²) in [4.78, 5) is 35.6. The zero-order valence-corrected chi connectivity index (χ0v) is 18.2. The number of carbonyl (C=O) groups excluding carboxylic acids is 2. The number of anilines is 1. The predicted molar refractivity (Wildman–Crippen MR) is 119 cm³/mol. The van der Waals surface area contributed by atoms with Crippen LogP contribution in [-0.4, -0.2) is 43.2 Å². The van der Waals surface area contributed by atoms with Gasteiger partial charge in [-0.3, -0.25) is 19.7 Å². The van der Waals surface area contributed by atoms with E-state index in [0.717, 1.165) is 6.07 Å². The van der Waals surface area contributed by atoms with Gasteiger partial charge < -0.3 is 10.6 Å². The molecule has 0 aliphatic carbocycles. The summed E-state index contributed by atoms with van der Waals surface area (Å²) >= 11 is 1.49. The maximum atomic E-state index is 12.8. The van der Waals surface area contributed by atoms with Crippen molar-refractivity contribution < 1.29 is 22.9 Å². The van der Waals surface area contributed by atoms with Gasteiger partial charge in [0.2, 0.25) is 15.9 Å². The van der Waals surface area contributed by atoms with Gasteiger partial charge in [-0.2, -0.15) is 11.8 Å². The first-order valence-electron chi connectivity index (χ1n) is 9.03. The summed E-state index contributed by atoms with van der Waals surface area (Å²) in [7, 11) is -3.73. The number of hydrogen-bond acceptors (Lipinski definition) is 7. The quantitative estimate of drug-likeness (QED) is 0.356. The SMILES string of the molecule is CSCCC(NC(=O)c1cccc([N+](=O)[O-])c1)C(=O)Nc1cccc(CS(N)(=O)=O)c1. The monoisotopic (exact) mass is 466 g/mol. The Morgan fingerprint density at radius 3 is 2.55 bits per heavy atom. The second-order valence-corrected chi connectivity index (χ2v) is 9.21. The van der Waals surface area contributed by atoms with Crippen molar-refractivity contribution in [2.45, 2.75) is 18.2 Å². The van der Waals surface area contributed by atoms with Crippen molar-refractivity contribution in [3.8, 4) is 0 Å². The van der Waals surface area contributed by atoms with Gasteiger partial charge in [0.05, 0.1) is 10.7 Å². The molecule has 1 atom stereocenters. The number of primary sulfonamides is 1. The van der Waals surface area contributed by atoms with Crippen molar-refractivity contribution in [2.75, 3.05) is 17.3 Å². The van der Waals surface area contributed by atoms with Gasteiger partial charge in [0.25, 0.3) is 11.6 Å². The third-order valence-corrected chi connectivity index (χ3v) is 5.49. The molecule has 2 aromatic carbocycles. The first-order valence-corrected chi connectivity index (χ1v) is 12.1. The van der Waals surface area contributed by atoms with Gasteiger partial charge in [0.1, 0.15) is 6.04 Å². The average Bonchev–Trinajstić information content (AvgIpc) is 2.69. The fourth-order valence-corrected chi connectivity index (χ4v) is 3.82. The van der Waals surface area contributed by atoms with Gasteiger partial charge >= 0.3 is 0 Å². The van der Waals surface area contributed by atoms with Crippen molar-refractivity contribution >= 4 is 45.0 Å². The average molecular weight is 467 g/mol. The molecule has 0 bridgehead atoms. The van der Waals surface area contributed by atoms with Crippen LogP contribution in [0.5, 0.6) is 0 Å². The lowest BCUT2D eigenvalue weighted by Gasteiger charge is -2.18. The summed E-state index contributed by atoms with van der Waals surface area (Å²) in [6.07, 6.45) is 2.18. The number of hydrogen-bond donors (Lipinski definition) is 3. The van der Waals surface area contributed by atoms with E-state index in [1.54, 1.807) is 18.2 Å². The maximum Gasteiger partial charge on any atom is 0.270 e. The Morgan fingerprint density at radius 2 is 1.90 bits per heavy atom. The molecule has 0 fully saturated rings. The number of non-ortho nitro benzene ring substituents is 1. The molecule has 0 heterocycles. The highest BCUT2D eigenvalue weighted by Gasteiger charge is 2.22. The van der Waals surface area contributed by atoms with Crippen molar-refractivity contribution in [3.05, 3.63) is 69.8 Å². The lowest BCUT2D eigenvalue weighted by atomic mass is 10.1. The first kappa shape index (κ1) is 24.3. The Bertz CT molecular complexity index is 1070. The van der Waals surface area contributed by atoms with Crippen LogP contribution in [0.1, 0.15) is 22.3 Å². The summed E-state index contributed by atoms with van der Waals surface area (Å²) in [5.41, 5.74) is 0.585. The van der Waals surface area contributed by atoms with Crippen LogP contribution in [-0.2, 0) is 20.6 Å². The van der Waals surface area contributed by atoms with E-state index in [4.69, 9.17) is 5.14 Å². The number of benzene rings is 2. The summed E-state index contributed by atoms with van der Waals surface area (Å²) in [6, 6.07) is 10.5. The minimum Gasteiger partial charge on any atom is -0.340 e. The van der Waals surface area contributed by atoms with Gasteiger partial charge in [-0.05, 0) is 42.2 Å². The number of sulfonamides is 1. The van der Waals surface area contributed by atoms with Gasteiger partial charge in [0.15, 0.2) is 0 Å². The van der Waals surface area contributed by atoms with Crippen LogP contribution in [0.25, 0.3) is 0 Å². The minimum absolute atomic E-state index is 0.0614. The van der Waals surface area contributed by atoms with E-state index in [-0.39, 0.29) is 17.0 Å². The largest absolute Gasteiger partial charge is 0.340 e. The Hall–Kier alpha value is -2.96. The molecule has 0 radical (unpaired) electrons. The van der Waals surface area contributed by atoms with E-state index in [0.29, 0.717) is 23.4 Å². The van der Waals surface area contributed by atoms with E-state index in [1.165, 1.54) is 36.0 Å². The number of amides is 2. The molecule has 0 aliphatic rings. The molecule has 2 amide bonds. The highest BCUT2D eigenvalue weighted by atomic mass is 32.2. The summed E-state index contributed by atoms with van der Waals surface area (Å²) in [5.74, 6) is -0.914. The van der Waals surface area contributed by atoms with Gasteiger partial charge in [0, 0.05) is 23.4 Å². The molecular formula is C19H22N4O6S2. The number of rotatable bonds is 10. The second-order valence-electron chi connectivity index (χ2n) is 6.61. The summed E-state index contributed by atoms with van der Waals surface area (Å²) < 4.78 is 22.6. The molecule has 0 spiro atoms. The van der Waals surface area contributed by atoms with Crippen molar-refractivity contribution in [1.29, 1.82) is 0 Å². The molecule has 31 heavy (non-hydrogen) atoms. The Morgan fingerprint density at radius 1 is 1.19 bits per heavy atom. The number of nitro groups is 1. The maximum absolute atomic E-state index is 12.8. The normalized spacial score (nSPS) is 12.1. The number of nitrogens with zero attached hydrogens (tertiary/aromatic N) is 1. The standard InChI is InChI=1S/C19H22N4O6S2/c1-30-9-8-17(22-18(24)14-5-3-7-16(11-14)23(26)27)19(25)21-15-6-2-4-13(10-15)12-31(20,28)29/h2-7,10-11,17H,8-9,12H2,1H3,(H,21,25)(H,22,24)(H2,20,28,29). The summed E-state index contributed by atoms with van der Waals surface area (Å²) in [5, 5.41) is 21.2. The lowest BCUT2D eigenvalue weighted by Crippen LogP contribution is -2.44. The second kappa shape index (κ2) is 10.9. The lowest BCUT2D eigenvalue weighted by molar-refractivity contribution is -0.384.